The van der Waals surface area contributed by atoms with Crippen molar-refractivity contribution in [2.24, 2.45) is 5.73 Å². The molecule has 0 heterocycles. The molecular weight excluding hydrogens is 288 g/mol. The van der Waals surface area contributed by atoms with Crippen LogP contribution in [0.5, 0.6) is 0 Å². The van der Waals surface area contributed by atoms with Gasteiger partial charge in [-0.3, -0.25) is 9.59 Å². The summed E-state index contributed by atoms with van der Waals surface area (Å²) >= 11 is 5.86. The van der Waals surface area contributed by atoms with E-state index >= 15 is 0 Å². The van der Waals surface area contributed by atoms with Gasteiger partial charge in [-0.25, -0.2) is 0 Å². The average Bonchev–Trinajstić information content (AvgIpc) is 2.45. The number of rotatable bonds is 4. The van der Waals surface area contributed by atoms with Gasteiger partial charge in [0.05, 0.1) is 0 Å². The summed E-state index contributed by atoms with van der Waals surface area (Å²) in [6.45, 7) is 0. The van der Waals surface area contributed by atoms with Crippen molar-refractivity contribution in [1.82, 2.24) is 0 Å². The molecule has 2 aromatic rings. The van der Waals surface area contributed by atoms with Crippen LogP contribution < -0.4 is 11.1 Å². The van der Waals surface area contributed by atoms with Gasteiger partial charge in [0.15, 0.2) is 0 Å². The largest absolute Gasteiger partial charge is 0.366 e. The smallest absolute Gasteiger partial charge is 0.248 e. The Balaban J connectivity index is 2.05. The minimum Gasteiger partial charge on any atom is -0.366 e. The predicted octanol–water partition coefficient (Wildman–Crippen LogP) is 3.09. The lowest BCUT2D eigenvalue weighted by molar-refractivity contribution is -0.111. The van der Waals surface area contributed by atoms with Crippen LogP contribution in [-0.4, -0.2) is 11.8 Å². The van der Waals surface area contributed by atoms with E-state index in [2.05, 4.69) is 5.32 Å². The molecule has 0 aliphatic carbocycles. The van der Waals surface area contributed by atoms with Gasteiger partial charge in [0.25, 0.3) is 0 Å². The van der Waals surface area contributed by atoms with Crippen LogP contribution in [0.3, 0.4) is 0 Å². The first-order valence-corrected chi connectivity index (χ1v) is 6.57. The molecule has 4 nitrogen and oxygen atoms in total. The van der Waals surface area contributed by atoms with E-state index < -0.39 is 5.91 Å². The Morgan fingerprint density at radius 2 is 1.86 bits per heavy atom. The lowest BCUT2D eigenvalue weighted by Crippen LogP contribution is -2.12. The number of carbonyl (C=O) groups is 2. The summed E-state index contributed by atoms with van der Waals surface area (Å²) in [4.78, 5) is 22.9. The van der Waals surface area contributed by atoms with E-state index in [-0.39, 0.29) is 5.91 Å². The van der Waals surface area contributed by atoms with Crippen LogP contribution in [0.2, 0.25) is 5.02 Å². The van der Waals surface area contributed by atoms with E-state index in [4.69, 9.17) is 17.3 Å². The summed E-state index contributed by atoms with van der Waals surface area (Å²) in [6.07, 6.45) is 3.04. The lowest BCUT2D eigenvalue weighted by Gasteiger charge is -2.03. The summed E-state index contributed by atoms with van der Waals surface area (Å²) in [5.74, 6) is -0.850. The van der Waals surface area contributed by atoms with Crippen LogP contribution in [0.1, 0.15) is 15.9 Å². The van der Waals surface area contributed by atoms with E-state index in [1.54, 1.807) is 42.5 Å². The molecule has 0 spiro atoms. The number of carbonyl (C=O) groups excluding carboxylic acids is 2. The molecule has 0 saturated carbocycles. The second kappa shape index (κ2) is 6.72. The van der Waals surface area contributed by atoms with Gasteiger partial charge in [-0.1, -0.05) is 29.8 Å². The van der Waals surface area contributed by atoms with Crippen molar-refractivity contribution in [2.45, 2.75) is 0 Å². The Bertz CT molecular complexity index is 711. The maximum absolute atomic E-state index is 11.8. The molecule has 21 heavy (non-hydrogen) atoms. The molecule has 2 rings (SSSR count). The number of benzene rings is 2. The number of nitrogens with one attached hydrogen (secondary N) is 1. The molecule has 0 aliphatic heterocycles. The Labute approximate surface area is 127 Å². The second-order valence-electron chi connectivity index (χ2n) is 4.32. The average molecular weight is 301 g/mol. The van der Waals surface area contributed by atoms with E-state index in [1.165, 1.54) is 12.1 Å². The third kappa shape index (κ3) is 4.47. The van der Waals surface area contributed by atoms with Crippen molar-refractivity contribution >= 4 is 35.2 Å². The van der Waals surface area contributed by atoms with E-state index in [0.717, 1.165) is 5.56 Å². The van der Waals surface area contributed by atoms with Crippen LogP contribution in [0.4, 0.5) is 5.69 Å². The number of halogens is 1. The fraction of sp³-hybridized carbons (Fsp3) is 0. The van der Waals surface area contributed by atoms with Crippen molar-refractivity contribution in [3.63, 3.8) is 0 Å². The van der Waals surface area contributed by atoms with Gasteiger partial charge < -0.3 is 11.1 Å². The minimum absolute atomic E-state index is 0.309. The predicted molar refractivity (Wildman–Crippen MR) is 84.1 cm³/mol. The number of hydrogen-bond donors (Lipinski definition) is 2. The van der Waals surface area contributed by atoms with Gasteiger partial charge in [-0.2, -0.15) is 0 Å². The van der Waals surface area contributed by atoms with Crippen LogP contribution in [0.25, 0.3) is 6.08 Å². The van der Waals surface area contributed by atoms with Gasteiger partial charge >= 0.3 is 0 Å². The first kappa shape index (κ1) is 14.8. The van der Waals surface area contributed by atoms with Crippen LogP contribution in [0, 0.1) is 0 Å². The van der Waals surface area contributed by atoms with Crippen LogP contribution in [-0.2, 0) is 4.79 Å². The van der Waals surface area contributed by atoms with Gasteiger partial charge in [0, 0.05) is 22.3 Å². The molecule has 0 bridgehead atoms. The van der Waals surface area contributed by atoms with Gasteiger partial charge in [0.1, 0.15) is 0 Å². The van der Waals surface area contributed by atoms with E-state index in [0.29, 0.717) is 16.3 Å². The number of hydrogen-bond acceptors (Lipinski definition) is 2. The normalized spacial score (nSPS) is 10.5. The molecule has 5 heteroatoms. The topological polar surface area (TPSA) is 72.2 Å². The molecule has 0 aromatic heterocycles. The van der Waals surface area contributed by atoms with Crippen LogP contribution in [0.15, 0.2) is 54.6 Å². The van der Waals surface area contributed by atoms with E-state index in [1.807, 2.05) is 6.07 Å². The molecule has 106 valence electrons. The third-order valence-corrected chi connectivity index (χ3v) is 2.93. The Morgan fingerprint density at radius 3 is 2.57 bits per heavy atom. The Kier molecular flexibility index (Phi) is 4.74. The highest BCUT2D eigenvalue weighted by atomic mass is 35.5. The molecule has 0 aliphatic rings. The van der Waals surface area contributed by atoms with Crippen molar-refractivity contribution < 1.29 is 9.59 Å². The van der Waals surface area contributed by atoms with Crippen molar-refractivity contribution in [3.05, 3.63) is 70.8 Å². The number of nitrogens with two attached hydrogens (primary N) is 1. The molecule has 0 fully saturated rings. The zero-order valence-corrected chi connectivity index (χ0v) is 11.8. The van der Waals surface area contributed by atoms with Crippen molar-refractivity contribution in [2.75, 3.05) is 5.32 Å². The van der Waals surface area contributed by atoms with Gasteiger partial charge in [-0.05, 0) is 42.0 Å². The Hall–Kier alpha value is -2.59. The zero-order chi connectivity index (χ0) is 15.2. The van der Waals surface area contributed by atoms with Crippen molar-refractivity contribution in [3.8, 4) is 0 Å². The Morgan fingerprint density at radius 1 is 1.10 bits per heavy atom. The second-order valence-corrected chi connectivity index (χ2v) is 4.76. The maximum Gasteiger partial charge on any atom is 0.248 e. The standard InChI is InChI=1S/C16H13ClN2O2/c17-13-5-1-3-11(9-13)7-8-15(20)19-14-6-2-4-12(10-14)16(18)21/h1-10H,(H2,18,21)(H,19,20)/b8-7+. The number of anilines is 1. The molecular formula is C16H13ClN2O2. The SMILES string of the molecule is NC(=O)c1cccc(NC(=O)/C=C/c2cccc(Cl)c2)c1. The maximum atomic E-state index is 11.8. The highest BCUT2D eigenvalue weighted by molar-refractivity contribution is 6.30. The molecule has 0 unspecified atom stereocenters. The minimum atomic E-state index is -0.541. The first-order valence-electron chi connectivity index (χ1n) is 6.19. The van der Waals surface area contributed by atoms with Gasteiger partial charge in [0.2, 0.25) is 11.8 Å². The molecule has 0 atom stereocenters. The quantitative estimate of drug-likeness (QED) is 0.852. The fourth-order valence-corrected chi connectivity index (χ4v) is 1.92. The van der Waals surface area contributed by atoms with Gasteiger partial charge in [-0.15, -0.1) is 0 Å². The molecule has 3 N–H and O–H groups in total. The van der Waals surface area contributed by atoms with Crippen molar-refractivity contribution in [1.29, 1.82) is 0 Å². The molecule has 2 amide bonds. The zero-order valence-electron chi connectivity index (χ0n) is 11.0. The lowest BCUT2D eigenvalue weighted by atomic mass is 10.2. The summed E-state index contributed by atoms with van der Waals surface area (Å²) < 4.78 is 0. The highest BCUT2D eigenvalue weighted by Crippen LogP contribution is 2.13. The number of primary amides is 1. The number of amides is 2. The summed E-state index contributed by atoms with van der Waals surface area (Å²) in [6, 6.07) is 13.6. The molecule has 0 radical (unpaired) electrons. The molecule has 2 aromatic carbocycles. The summed E-state index contributed by atoms with van der Waals surface area (Å²) in [5, 5.41) is 3.26. The third-order valence-electron chi connectivity index (χ3n) is 2.69. The summed E-state index contributed by atoms with van der Waals surface area (Å²) in [7, 11) is 0. The fourth-order valence-electron chi connectivity index (χ4n) is 1.72. The summed E-state index contributed by atoms with van der Waals surface area (Å²) in [5.41, 5.74) is 6.85. The monoisotopic (exact) mass is 300 g/mol. The molecule has 0 saturated heterocycles. The van der Waals surface area contributed by atoms with Crippen LogP contribution >= 0.6 is 11.6 Å². The highest BCUT2D eigenvalue weighted by Gasteiger charge is 2.03. The first-order chi connectivity index (χ1) is 10.0. The van der Waals surface area contributed by atoms with E-state index in [9.17, 15) is 9.59 Å².